The van der Waals surface area contributed by atoms with E-state index < -0.39 is 12.1 Å². The van der Waals surface area contributed by atoms with E-state index in [2.05, 4.69) is 22.6 Å². The van der Waals surface area contributed by atoms with Crippen LogP contribution in [0.1, 0.15) is 53.4 Å². The molecule has 3 unspecified atom stereocenters. The van der Waals surface area contributed by atoms with E-state index in [1.54, 1.807) is 12.1 Å². The fourth-order valence-electron chi connectivity index (χ4n) is 6.30. The summed E-state index contributed by atoms with van der Waals surface area (Å²) in [5, 5.41) is 6.05. The molecule has 0 aliphatic carbocycles. The molecule has 0 radical (unpaired) electrons. The molecule has 5 rings (SSSR count). The molecule has 2 N–H and O–H groups in total. The molecule has 2 bridgehead atoms. The molecule has 0 saturated carbocycles. The van der Waals surface area contributed by atoms with Crippen molar-refractivity contribution in [1.29, 1.82) is 0 Å². The van der Waals surface area contributed by atoms with E-state index in [1.807, 2.05) is 80.6 Å². The standard InChI is InChI=1S/C37H47N3O7/c1-4-44-33(45-5-2)18-19-38-36(41)28-16-14-26(15-17-28)23-46-32-13-9-12-29(20-32)34(27-10-7-6-8-11-27)39-37(42)47-35-30-21-40(3)22-31(35)25-43-24-30/h6-17,20,30-31,33-35H,4-5,18-19,21-25H2,1-3H3,(H,38,41)(H,39,42). The van der Waals surface area contributed by atoms with Crippen LogP contribution in [0.2, 0.25) is 0 Å². The van der Waals surface area contributed by atoms with E-state index in [1.165, 1.54) is 0 Å². The Hall–Kier alpha value is -3.96. The van der Waals surface area contributed by atoms with Crippen LogP contribution in [0.3, 0.4) is 0 Å². The fourth-order valence-corrected chi connectivity index (χ4v) is 6.30. The van der Waals surface area contributed by atoms with E-state index in [4.69, 9.17) is 23.7 Å². The molecule has 3 atom stereocenters. The maximum atomic E-state index is 13.3. The Bertz CT molecular complexity index is 1400. The van der Waals surface area contributed by atoms with Crippen molar-refractivity contribution in [2.45, 2.75) is 45.3 Å². The van der Waals surface area contributed by atoms with E-state index in [9.17, 15) is 9.59 Å². The lowest BCUT2D eigenvalue weighted by molar-refractivity contribution is -0.138. The Labute approximate surface area is 277 Å². The topological polar surface area (TPSA) is 108 Å². The Balaban J connectivity index is 1.18. The molecule has 2 saturated heterocycles. The molecule has 0 aromatic heterocycles. The number of carbonyl (C=O) groups excluding carboxylic acids is 2. The highest BCUT2D eigenvalue weighted by Gasteiger charge is 2.42. The first kappa shape index (κ1) is 34.4. The van der Waals surface area contributed by atoms with E-state index in [0.717, 1.165) is 29.8 Å². The number of fused-ring (bicyclic) bond motifs is 2. The molecule has 2 aliphatic heterocycles. The van der Waals surface area contributed by atoms with Crippen LogP contribution in [0.25, 0.3) is 0 Å². The highest BCUT2D eigenvalue weighted by molar-refractivity contribution is 5.94. The lowest BCUT2D eigenvalue weighted by Gasteiger charge is -2.45. The largest absolute Gasteiger partial charge is 0.489 e. The van der Waals surface area contributed by atoms with Crippen LogP contribution < -0.4 is 15.4 Å². The molecule has 0 spiro atoms. The number of nitrogens with one attached hydrogen (secondary N) is 2. The molecule has 47 heavy (non-hydrogen) atoms. The van der Waals surface area contributed by atoms with Gasteiger partial charge in [0.25, 0.3) is 5.91 Å². The molecule has 2 fully saturated rings. The van der Waals surface area contributed by atoms with E-state index >= 15 is 0 Å². The molecular formula is C37H47N3O7. The van der Waals surface area contributed by atoms with Gasteiger partial charge in [0.15, 0.2) is 6.29 Å². The second-order valence-corrected chi connectivity index (χ2v) is 12.1. The molecular weight excluding hydrogens is 598 g/mol. The Kier molecular flexibility index (Phi) is 12.6. The van der Waals surface area contributed by atoms with Crippen molar-refractivity contribution >= 4 is 12.0 Å². The Morgan fingerprint density at radius 1 is 0.894 bits per heavy atom. The van der Waals surface area contributed by atoms with Crippen molar-refractivity contribution in [1.82, 2.24) is 15.5 Å². The van der Waals surface area contributed by atoms with Gasteiger partial charge in [-0.2, -0.15) is 0 Å². The van der Waals surface area contributed by atoms with Crippen LogP contribution in [-0.4, -0.2) is 82.4 Å². The molecule has 3 aromatic carbocycles. The molecule has 2 aliphatic rings. The summed E-state index contributed by atoms with van der Waals surface area (Å²) in [7, 11) is 2.10. The first-order valence-corrected chi connectivity index (χ1v) is 16.5. The van der Waals surface area contributed by atoms with Gasteiger partial charge in [0, 0.05) is 56.7 Å². The number of piperidine rings is 1. The SMILES string of the molecule is CCOC(CCNC(=O)c1ccc(COc2cccc(C(NC(=O)OC3C4COCC3CN(C)C4)c3ccccc3)c2)cc1)OCC. The van der Waals surface area contributed by atoms with Crippen LogP contribution in [0.5, 0.6) is 5.75 Å². The molecule has 252 valence electrons. The maximum Gasteiger partial charge on any atom is 0.408 e. The van der Waals surface area contributed by atoms with Crippen LogP contribution in [0, 0.1) is 11.8 Å². The minimum atomic E-state index is -0.441. The zero-order valence-corrected chi connectivity index (χ0v) is 27.6. The third-order valence-electron chi connectivity index (χ3n) is 8.51. The van der Waals surface area contributed by atoms with E-state index in [0.29, 0.717) is 57.3 Å². The minimum absolute atomic E-state index is 0.151. The minimum Gasteiger partial charge on any atom is -0.489 e. The Morgan fingerprint density at radius 3 is 2.26 bits per heavy atom. The number of likely N-dealkylation sites (tertiary alicyclic amines) is 1. The summed E-state index contributed by atoms with van der Waals surface area (Å²) >= 11 is 0. The summed E-state index contributed by atoms with van der Waals surface area (Å²) in [6.45, 7) is 8.61. The lowest BCUT2D eigenvalue weighted by atomic mass is 9.85. The number of alkyl carbamates (subject to hydrolysis) is 1. The van der Waals surface area contributed by atoms with Crippen molar-refractivity contribution in [2.24, 2.45) is 11.8 Å². The summed E-state index contributed by atoms with van der Waals surface area (Å²) in [4.78, 5) is 28.2. The second kappa shape index (κ2) is 17.3. The summed E-state index contributed by atoms with van der Waals surface area (Å²) in [6, 6.07) is 24.5. The quantitative estimate of drug-likeness (QED) is 0.218. The normalized spacial score (nSPS) is 20.0. The predicted octanol–water partition coefficient (Wildman–Crippen LogP) is 5.18. The molecule has 10 nitrogen and oxygen atoms in total. The average Bonchev–Trinajstić information content (AvgIpc) is 3.07. The van der Waals surface area contributed by atoms with Gasteiger partial charge in [-0.1, -0.05) is 54.6 Å². The number of nitrogens with zero attached hydrogens (tertiary/aromatic N) is 1. The summed E-state index contributed by atoms with van der Waals surface area (Å²) in [5.74, 6) is 0.836. The van der Waals surface area contributed by atoms with Crippen LogP contribution in [0.4, 0.5) is 4.79 Å². The number of benzene rings is 3. The number of hydrogen-bond donors (Lipinski definition) is 2. The van der Waals surface area contributed by atoms with Crippen molar-refractivity contribution in [3.05, 3.63) is 101 Å². The highest BCUT2D eigenvalue weighted by atomic mass is 16.7. The average molecular weight is 646 g/mol. The number of carbonyl (C=O) groups is 2. The molecule has 3 aromatic rings. The van der Waals surface area contributed by atoms with Crippen molar-refractivity contribution in [3.63, 3.8) is 0 Å². The smallest absolute Gasteiger partial charge is 0.408 e. The zero-order chi connectivity index (χ0) is 33.0. The van der Waals surface area contributed by atoms with Gasteiger partial charge in [-0.15, -0.1) is 0 Å². The first-order chi connectivity index (χ1) is 22.9. The van der Waals surface area contributed by atoms with Gasteiger partial charge in [-0.3, -0.25) is 4.79 Å². The van der Waals surface area contributed by atoms with Crippen molar-refractivity contribution in [2.75, 3.05) is 53.1 Å². The van der Waals surface area contributed by atoms with Gasteiger partial charge in [0.05, 0.1) is 19.3 Å². The summed E-state index contributed by atoms with van der Waals surface area (Å²) < 4.78 is 29.0. The highest BCUT2D eigenvalue weighted by Crippen LogP contribution is 2.31. The van der Waals surface area contributed by atoms with Crippen LogP contribution >= 0.6 is 0 Å². The number of ether oxygens (including phenoxy) is 5. The van der Waals surface area contributed by atoms with Crippen molar-refractivity contribution in [3.8, 4) is 5.75 Å². The maximum absolute atomic E-state index is 13.3. The second-order valence-electron chi connectivity index (χ2n) is 12.1. The van der Waals surface area contributed by atoms with E-state index in [-0.39, 0.29) is 30.1 Å². The number of hydrogen-bond acceptors (Lipinski definition) is 8. The first-order valence-electron chi connectivity index (χ1n) is 16.5. The molecule has 2 heterocycles. The third-order valence-corrected chi connectivity index (χ3v) is 8.51. The summed E-state index contributed by atoms with van der Waals surface area (Å²) in [5.41, 5.74) is 3.31. The monoisotopic (exact) mass is 645 g/mol. The predicted molar refractivity (Wildman–Crippen MR) is 178 cm³/mol. The van der Waals surface area contributed by atoms with Gasteiger partial charge in [0.2, 0.25) is 0 Å². The molecule has 2 amide bonds. The summed E-state index contributed by atoms with van der Waals surface area (Å²) in [6.07, 6.45) is -0.356. The lowest BCUT2D eigenvalue weighted by Crippen LogP contribution is -2.56. The van der Waals surface area contributed by atoms with Gasteiger partial charge in [-0.25, -0.2) is 4.79 Å². The Morgan fingerprint density at radius 2 is 1.57 bits per heavy atom. The molecule has 10 heteroatoms. The van der Waals surface area contributed by atoms with Gasteiger partial charge in [0.1, 0.15) is 18.5 Å². The van der Waals surface area contributed by atoms with Crippen LogP contribution in [0.15, 0.2) is 78.9 Å². The fraction of sp³-hybridized carbons (Fsp3) is 0.459. The third kappa shape index (κ3) is 9.77. The number of rotatable bonds is 15. The van der Waals surface area contributed by atoms with Gasteiger partial charge in [-0.05, 0) is 61.9 Å². The number of amides is 2. The van der Waals surface area contributed by atoms with Gasteiger partial charge >= 0.3 is 6.09 Å². The van der Waals surface area contributed by atoms with Crippen molar-refractivity contribution < 1.29 is 33.3 Å². The zero-order valence-electron chi connectivity index (χ0n) is 27.6. The van der Waals surface area contributed by atoms with Gasteiger partial charge < -0.3 is 39.2 Å². The van der Waals surface area contributed by atoms with Crippen LogP contribution in [-0.2, 0) is 25.6 Å².